The Balaban J connectivity index is 1.68. The van der Waals surface area contributed by atoms with Crippen molar-refractivity contribution in [2.45, 2.75) is 25.3 Å². The molecule has 1 aliphatic rings. The van der Waals surface area contributed by atoms with Crippen molar-refractivity contribution in [3.05, 3.63) is 58.0 Å². The van der Waals surface area contributed by atoms with Crippen LogP contribution < -0.4 is 5.32 Å². The Kier molecular flexibility index (Phi) is 3.42. The molecule has 2 aromatic rings. The predicted octanol–water partition coefficient (Wildman–Crippen LogP) is 3.33. The number of nitrogens with one attached hydrogen (secondary N) is 1. The molecule has 0 fully saturated rings. The minimum Gasteiger partial charge on any atom is -0.444 e. The monoisotopic (exact) mass is 319 g/mol. The molecular formula is C15H14BrNO2. The Labute approximate surface area is 120 Å². The van der Waals surface area contributed by atoms with Crippen LogP contribution in [0.5, 0.6) is 0 Å². The van der Waals surface area contributed by atoms with Gasteiger partial charge in [0.05, 0.1) is 0 Å². The zero-order valence-corrected chi connectivity index (χ0v) is 11.9. The number of hydrogen-bond acceptors (Lipinski definition) is 2. The molecule has 98 valence electrons. The van der Waals surface area contributed by atoms with Crippen molar-refractivity contribution >= 4 is 21.8 Å². The van der Waals surface area contributed by atoms with Crippen LogP contribution in [0, 0.1) is 0 Å². The van der Waals surface area contributed by atoms with Gasteiger partial charge >= 0.3 is 0 Å². The standard InChI is InChI=1S/C15H14BrNO2/c16-14-8-7-13(19-14)15(18)17-12-6-5-10-3-1-2-4-11(10)9-12/h1-4,7-8,12H,5-6,9H2,(H,17,18). The largest absolute Gasteiger partial charge is 0.444 e. The number of hydrogen-bond donors (Lipinski definition) is 1. The summed E-state index contributed by atoms with van der Waals surface area (Å²) in [5, 5.41) is 3.04. The van der Waals surface area contributed by atoms with E-state index in [0.29, 0.717) is 10.4 Å². The minimum atomic E-state index is -0.143. The number of aryl methyl sites for hydroxylation is 1. The maximum Gasteiger partial charge on any atom is 0.287 e. The summed E-state index contributed by atoms with van der Waals surface area (Å²) in [4.78, 5) is 12.0. The van der Waals surface area contributed by atoms with Gasteiger partial charge in [-0.05, 0) is 58.5 Å². The molecule has 1 aromatic heterocycles. The lowest BCUT2D eigenvalue weighted by molar-refractivity contribution is 0.0904. The third kappa shape index (κ3) is 2.73. The van der Waals surface area contributed by atoms with E-state index < -0.39 is 0 Å². The molecule has 1 aromatic carbocycles. The smallest absolute Gasteiger partial charge is 0.287 e. The summed E-state index contributed by atoms with van der Waals surface area (Å²) in [6.07, 6.45) is 2.89. The first-order chi connectivity index (χ1) is 9.22. The zero-order valence-electron chi connectivity index (χ0n) is 10.4. The summed E-state index contributed by atoms with van der Waals surface area (Å²) in [6.45, 7) is 0. The van der Waals surface area contributed by atoms with E-state index in [2.05, 4.69) is 39.4 Å². The SMILES string of the molecule is O=C(NC1CCc2ccccc2C1)c1ccc(Br)o1. The molecule has 3 nitrogen and oxygen atoms in total. The lowest BCUT2D eigenvalue weighted by Gasteiger charge is -2.25. The number of rotatable bonds is 2. The highest BCUT2D eigenvalue weighted by Crippen LogP contribution is 2.21. The second-order valence-corrected chi connectivity index (χ2v) is 5.57. The summed E-state index contributed by atoms with van der Waals surface area (Å²) >= 11 is 3.20. The summed E-state index contributed by atoms with van der Waals surface area (Å²) in [5.41, 5.74) is 2.73. The van der Waals surface area contributed by atoms with Gasteiger partial charge in [-0.3, -0.25) is 4.79 Å². The third-order valence-electron chi connectivity index (χ3n) is 3.48. The predicted molar refractivity (Wildman–Crippen MR) is 76.1 cm³/mol. The van der Waals surface area contributed by atoms with Crippen molar-refractivity contribution in [2.24, 2.45) is 0 Å². The van der Waals surface area contributed by atoms with E-state index in [9.17, 15) is 4.79 Å². The van der Waals surface area contributed by atoms with E-state index in [-0.39, 0.29) is 11.9 Å². The van der Waals surface area contributed by atoms with Gasteiger partial charge < -0.3 is 9.73 Å². The summed E-state index contributed by atoms with van der Waals surface area (Å²) < 4.78 is 5.84. The molecular weight excluding hydrogens is 306 g/mol. The van der Waals surface area contributed by atoms with Crippen LogP contribution >= 0.6 is 15.9 Å². The van der Waals surface area contributed by atoms with E-state index in [1.165, 1.54) is 11.1 Å². The maximum atomic E-state index is 12.0. The number of benzene rings is 1. The zero-order chi connectivity index (χ0) is 13.2. The highest BCUT2D eigenvalue weighted by atomic mass is 79.9. The fraction of sp³-hybridized carbons (Fsp3) is 0.267. The second-order valence-electron chi connectivity index (χ2n) is 4.79. The lowest BCUT2D eigenvalue weighted by Crippen LogP contribution is -2.38. The van der Waals surface area contributed by atoms with Gasteiger partial charge in [0.2, 0.25) is 0 Å². The van der Waals surface area contributed by atoms with Crippen LogP contribution in [0.1, 0.15) is 28.1 Å². The Morgan fingerprint density at radius 1 is 1.21 bits per heavy atom. The van der Waals surface area contributed by atoms with Crippen molar-refractivity contribution in [3.63, 3.8) is 0 Å². The number of amides is 1. The Morgan fingerprint density at radius 2 is 2.00 bits per heavy atom. The molecule has 1 N–H and O–H groups in total. The quantitative estimate of drug-likeness (QED) is 0.922. The van der Waals surface area contributed by atoms with Gasteiger partial charge in [0, 0.05) is 6.04 Å². The highest BCUT2D eigenvalue weighted by Gasteiger charge is 2.21. The average Bonchev–Trinajstić information content (AvgIpc) is 2.85. The van der Waals surface area contributed by atoms with E-state index in [1.54, 1.807) is 12.1 Å². The Morgan fingerprint density at radius 3 is 2.74 bits per heavy atom. The van der Waals surface area contributed by atoms with Gasteiger partial charge in [0.15, 0.2) is 10.4 Å². The van der Waals surface area contributed by atoms with Crippen LogP contribution in [0.4, 0.5) is 0 Å². The van der Waals surface area contributed by atoms with E-state index in [1.807, 2.05) is 6.07 Å². The van der Waals surface area contributed by atoms with Crippen LogP contribution in [-0.4, -0.2) is 11.9 Å². The maximum absolute atomic E-state index is 12.0. The van der Waals surface area contributed by atoms with Crippen LogP contribution in [-0.2, 0) is 12.8 Å². The second kappa shape index (κ2) is 5.21. The fourth-order valence-electron chi connectivity index (χ4n) is 2.51. The molecule has 1 amide bonds. The molecule has 19 heavy (non-hydrogen) atoms. The van der Waals surface area contributed by atoms with Gasteiger partial charge in [-0.15, -0.1) is 0 Å². The fourth-order valence-corrected chi connectivity index (χ4v) is 2.82. The molecule has 1 aliphatic carbocycles. The molecule has 0 saturated carbocycles. The highest BCUT2D eigenvalue weighted by molar-refractivity contribution is 9.10. The number of carbonyl (C=O) groups is 1. The summed E-state index contributed by atoms with van der Waals surface area (Å²) in [6, 6.07) is 12.0. The van der Waals surface area contributed by atoms with E-state index in [4.69, 9.17) is 4.42 Å². The van der Waals surface area contributed by atoms with Gasteiger partial charge in [-0.2, -0.15) is 0 Å². The summed E-state index contributed by atoms with van der Waals surface area (Å²) in [7, 11) is 0. The van der Waals surface area contributed by atoms with Crippen molar-refractivity contribution in [3.8, 4) is 0 Å². The van der Waals surface area contributed by atoms with Gasteiger partial charge in [-0.25, -0.2) is 0 Å². The molecule has 4 heteroatoms. The van der Waals surface area contributed by atoms with Crippen LogP contribution in [0.15, 0.2) is 45.5 Å². The lowest BCUT2D eigenvalue weighted by atomic mass is 9.88. The van der Waals surface area contributed by atoms with Gasteiger partial charge in [0.1, 0.15) is 0 Å². The first kappa shape index (κ1) is 12.5. The van der Waals surface area contributed by atoms with E-state index in [0.717, 1.165) is 19.3 Å². The van der Waals surface area contributed by atoms with Crippen LogP contribution in [0.3, 0.4) is 0 Å². The van der Waals surface area contributed by atoms with E-state index >= 15 is 0 Å². The van der Waals surface area contributed by atoms with Gasteiger partial charge in [-0.1, -0.05) is 24.3 Å². The minimum absolute atomic E-state index is 0.143. The number of furan rings is 1. The topological polar surface area (TPSA) is 42.2 Å². The molecule has 1 atom stereocenters. The van der Waals surface area contributed by atoms with Crippen molar-refractivity contribution in [2.75, 3.05) is 0 Å². The third-order valence-corrected chi connectivity index (χ3v) is 3.91. The van der Waals surface area contributed by atoms with Crippen molar-refractivity contribution < 1.29 is 9.21 Å². The average molecular weight is 320 g/mol. The number of fused-ring (bicyclic) bond motifs is 1. The first-order valence-electron chi connectivity index (χ1n) is 6.35. The number of carbonyl (C=O) groups excluding carboxylic acids is 1. The molecule has 1 heterocycles. The number of halogens is 1. The molecule has 1 unspecified atom stereocenters. The first-order valence-corrected chi connectivity index (χ1v) is 7.14. The molecule has 0 radical (unpaired) electrons. The van der Waals surface area contributed by atoms with Crippen molar-refractivity contribution in [1.29, 1.82) is 0 Å². The Bertz CT molecular complexity index is 606. The van der Waals surface area contributed by atoms with Crippen molar-refractivity contribution in [1.82, 2.24) is 5.32 Å². The molecule has 0 saturated heterocycles. The molecule has 0 bridgehead atoms. The van der Waals surface area contributed by atoms with Crippen LogP contribution in [0.2, 0.25) is 0 Å². The normalized spacial score (nSPS) is 17.8. The van der Waals surface area contributed by atoms with Gasteiger partial charge in [0.25, 0.3) is 5.91 Å². The Hall–Kier alpha value is -1.55. The molecule has 0 spiro atoms. The summed E-state index contributed by atoms with van der Waals surface area (Å²) in [5.74, 6) is 0.209. The molecule has 3 rings (SSSR count). The van der Waals surface area contributed by atoms with Crippen LogP contribution in [0.25, 0.3) is 0 Å². The molecule has 0 aliphatic heterocycles.